The van der Waals surface area contributed by atoms with Gasteiger partial charge >= 0.3 is 0 Å². The van der Waals surface area contributed by atoms with Crippen LogP contribution in [0, 0.1) is 0 Å². The maximum atomic E-state index is 12.0. The standard InChI is InChI=1S/C12H12ClNO3S2/c13-11-4-2-1-3-9(11)7-14-19(16,17)12-6-5-10(8-15)18-12/h1-6,14-15H,7-8H2. The Kier molecular flexibility index (Phi) is 4.59. The van der Waals surface area contributed by atoms with Crippen molar-refractivity contribution in [1.82, 2.24) is 4.72 Å². The van der Waals surface area contributed by atoms with Crippen LogP contribution in [0.15, 0.2) is 40.6 Å². The second kappa shape index (κ2) is 6.02. The molecule has 0 atom stereocenters. The summed E-state index contributed by atoms with van der Waals surface area (Å²) in [6.45, 7) is -0.0287. The van der Waals surface area contributed by atoms with E-state index in [0.717, 1.165) is 11.3 Å². The number of aliphatic hydroxyl groups excluding tert-OH is 1. The summed E-state index contributed by atoms with van der Waals surface area (Å²) in [5, 5.41) is 9.46. The highest BCUT2D eigenvalue weighted by molar-refractivity contribution is 7.91. The molecule has 1 aromatic heterocycles. The van der Waals surface area contributed by atoms with Gasteiger partial charge < -0.3 is 5.11 Å². The maximum absolute atomic E-state index is 12.0. The topological polar surface area (TPSA) is 66.4 Å². The van der Waals surface area contributed by atoms with Crippen molar-refractivity contribution in [2.75, 3.05) is 0 Å². The molecular weight excluding hydrogens is 306 g/mol. The van der Waals surface area contributed by atoms with Gasteiger partial charge in [-0.15, -0.1) is 11.3 Å². The quantitative estimate of drug-likeness (QED) is 0.889. The molecule has 19 heavy (non-hydrogen) atoms. The highest BCUT2D eigenvalue weighted by atomic mass is 35.5. The third-order valence-corrected chi connectivity index (χ3v) is 5.80. The van der Waals surface area contributed by atoms with Gasteiger partial charge in [0, 0.05) is 16.4 Å². The van der Waals surface area contributed by atoms with Crippen LogP contribution in [0.1, 0.15) is 10.4 Å². The van der Waals surface area contributed by atoms with Crippen molar-refractivity contribution in [2.24, 2.45) is 0 Å². The third-order valence-electron chi connectivity index (χ3n) is 2.47. The Morgan fingerprint density at radius 1 is 1.21 bits per heavy atom. The van der Waals surface area contributed by atoms with Gasteiger partial charge in [-0.3, -0.25) is 0 Å². The zero-order chi connectivity index (χ0) is 13.9. The number of sulfonamides is 1. The molecule has 0 saturated carbocycles. The first-order valence-corrected chi connectivity index (χ1v) is 8.13. The van der Waals surface area contributed by atoms with Crippen LogP contribution in [0.5, 0.6) is 0 Å². The number of rotatable bonds is 5. The highest BCUT2D eigenvalue weighted by Crippen LogP contribution is 2.22. The van der Waals surface area contributed by atoms with Gasteiger partial charge in [-0.2, -0.15) is 0 Å². The predicted molar refractivity (Wildman–Crippen MR) is 75.7 cm³/mol. The lowest BCUT2D eigenvalue weighted by atomic mass is 10.2. The summed E-state index contributed by atoms with van der Waals surface area (Å²) >= 11 is 7.01. The van der Waals surface area contributed by atoms with Gasteiger partial charge in [0.05, 0.1) is 6.61 Å². The lowest BCUT2D eigenvalue weighted by Crippen LogP contribution is -2.22. The average molecular weight is 318 g/mol. The van der Waals surface area contributed by atoms with E-state index in [1.807, 2.05) is 0 Å². The van der Waals surface area contributed by atoms with Crippen LogP contribution in [0.2, 0.25) is 5.02 Å². The van der Waals surface area contributed by atoms with Crippen LogP contribution in [0.4, 0.5) is 0 Å². The van der Waals surface area contributed by atoms with E-state index in [9.17, 15) is 8.42 Å². The summed E-state index contributed by atoms with van der Waals surface area (Å²) in [6, 6.07) is 10.1. The zero-order valence-corrected chi connectivity index (χ0v) is 12.2. The molecule has 4 nitrogen and oxygen atoms in total. The number of hydrogen-bond acceptors (Lipinski definition) is 4. The van der Waals surface area contributed by atoms with Gasteiger partial charge in [-0.1, -0.05) is 29.8 Å². The van der Waals surface area contributed by atoms with E-state index in [1.165, 1.54) is 6.07 Å². The molecule has 102 valence electrons. The molecule has 0 aliphatic heterocycles. The third kappa shape index (κ3) is 3.55. The molecule has 0 saturated heterocycles. The highest BCUT2D eigenvalue weighted by Gasteiger charge is 2.16. The predicted octanol–water partition coefficient (Wildman–Crippen LogP) is 2.37. The summed E-state index contributed by atoms with van der Waals surface area (Å²) < 4.78 is 26.7. The lowest BCUT2D eigenvalue weighted by molar-refractivity contribution is 0.285. The zero-order valence-electron chi connectivity index (χ0n) is 9.84. The van der Waals surface area contributed by atoms with Gasteiger partial charge in [0.25, 0.3) is 0 Å². The van der Waals surface area contributed by atoms with E-state index in [2.05, 4.69) is 4.72 Å². The molecule has 0 amide bonds. The van der Waals surface area contributed by atoms with Crippen LogP contribution >= 0.6 is 22.9 Å². The van der Waals surface area contributed by atoms with E-state index < -0.39 is 10.0 Å². The van der Waals surface area contributed by atoms with Crippen molar-refractivity contribution < 1.29 is 13.5 Å². The Hall–Kier alpha value is -0.920. The van der Waals surface area contributed by atoms with Gasteiger partial charge in [0.15, 0.2) is 0 Å². The monoisotopic (exact) mass is 317 g/mol. The normalized spacial score (nSPS) is 11.7. The number of aliphatic hydroxyl groups is 1. The second-order valence-electron chi connectivity index (χ2n) is 3.79. The number of nitrogens with one attached hydrogen (secondary N) is 1. The molecule has 0 unspecified atom stereocenters. The molecule has 0 aliphatic rings. The molecule has 2 rings (SSSR count). The maximum Gasteiger partial charge on any atom is 0.250 e. The van der Waals surface area contributed by atoms with Crippen LogP contribution in [0.25, 0.3) is 0 Å². The fourth-order valence-corrected chi connectivity index (χ4v) is 3.94. The Morgan fingerprint density at radius 3 is 2.58 bits per heavy atom. The Labute approximate surface area is 120 Å². The fraction of sp³-hybridized carbons (Fsp3) is 0.167. The molecule has 2 aromatic rings. The summed E-state index contributed by atoms with van der Waals surface area (Å²) in [5.74, 6) is 0. The Balaban J connectivity index is 2.12. The molecule has 0 fully saturated rings. The molecule has 0 spiro atoms. The SMILES string of the molecule is O=S(=O)(NCc1ccccc1Cl)c1ccc(CO)s1. The molecule has 1 aromatic carbocycles. The average Bonchev–Trinajstić information content (AvgIpc) is 2.87. The number of thiophene rings is 1. The van der Waals surface area contributed by atoms with Gasteiger partial charge in [-0.25, -0.2) is 13.1 Å². The minimum atomic E-state index is -3.57. The van der Waals surface area contributed by atoms with Crippen molar-refractivity contribution in [3.05, 3.63) is 51.9 Å². The first-order valence-electron chi connectivity index (χ1n) is 5.45. The molecule has 7 heteroatoms. The van der Waals surface area contributed by atoms with E-state index in [0.29, 0.717) is 15.5 Å². The van der Waals surface area contributed by atoms with E-state index >= 15 is 0 Å². The molecule has 1 heterocycles. The molecule has 2 N–H and O–H groups in total. The number of benzene rings is 1. The van der Waals surface area contributed by atoms with Gasteiger partial charge in [-0.05, 0) is 23.8 Å². The van der Waals surface area contributed by atoms with Crippen LogP contribution in [0.3, 0.4) is 0 Å². The van der Waals surface area contributed by atoms with Gasteiger partial charge in [0.1, 0.15) is 4.21 Å². The molecule has 0 bridgehead atoms. The van der Waals surface area contributed by atoms with Crippen molar-refractivity contribution >= 4 is 33.0 Å². The van der Waals surface area contributed by atoms with Crippen LogP contribution < -0.4 is 4.72 Å². The van der Waals surface area contributed by atoms with E-state index in [1.54, 1.807) is 30.3 Å². The number of halogens is 1. The molecule has 0 aliphatic carbocycles. The lowest BCUT2D eigenvalue weighted by Gasteiger charge is -2.06. The molecular formula is C12H12ClNO3S2. The van der Waals surface area contributed by atoms with Gasteiger partial charge in [0.2, 0.25) is 10.0 Å². The number of hydrogen-bond donors (Lipinski definition) is 2. The summed E-state index contributed by atoms with van der Waals surface area (Å²) in [4.78, 5) is 0.609. The smallest absolute Gasteiger partial charge is 0.250 e. The molecule has 0 radical (unpaired) electrons. The van der Waals surface area contributed by atoms with Crippen molar-refractivity contribution in [2.45, 2.75) is 17.4 Å². The summed E-state index contributed by atoms with van der Waals surface area (Å²) in [5.41, 5.74) is 0.715. The first kappa shape index (κ1) is 14.5. The van der Waals surface area contributed by atoms with E-state index in [-0.39, 0.29) is 17.4 Å². The summed E-state index contributed by atoms with van der Waals surface area (Å²) in [6.07, 6.45) is 0. The van der Waals surface area contributed by atoms with Crippen molar-refractivity contribution in [3.8, 4) is 0 Å². The minimum Gasteiger partial charge on any atom is -0.391 e. The van der Waals surface area contributed by atoms with Crippen LogP contribution in [-0.2, 0) is 23.2 Å². The Bertz CT molecular complexity index is 667. The minimum absolute atomic E-state index is 0.133. The fourth-order valence-electron chi connectivity index (χ4n) is 1.47. The second-order valence-corrected chi connectivity index (χ2v) is 7.36. The summed E-state index contributed by atoms with van der Waals surface area (Å²) in [7, 11) is -3.57. The van der Waals surface area contributed by atoms with Crippen molar-refractivity contribution in [1.29, 1.82) is 0 Å². The van der Waals surface area contributed by atoms with E-state index in [4.69, 9.17) is 16.7 Å². The largest absolute Gasteiger partial charge is 0.391 e. The first-order chi connectivity index (χ1) is 9.03. The van der Waals surface area contributed by atoms with Crippen molar-refractivity contribution in [3.63, 3.8) is 0 Å². The van der Waals surface area contributed by atoms with Crippen LogP contribution in [-0.4, -0.2) is 13.5 Å². The Morgan fingerprint density at radius 2 is 1.95 bits per heavy atom.